The van der Waals surface area contributed by atoms with E-state index in [1.807, 2.05) is 30.1 Å². The SMILES string of the molecule is CN(Cc1cccc(F)c1)c1nc2c(N)cccc2o1. The lowest BCUT2D eigenvalue weighted by Gasteiger charge is -2.14. The third-order valence-electron chi connectivity index (χ3n) is 3.07. The summed E-state index contributed by atoms with van der Waals surface area (Å²) in [7, 11) is 1.84. The van der Waals surface area contributed by atoms with E-state index in [1.165, 1.54) is 12.1 Å². The van der Waals surface area contributed by atoms with Gasteiger partial charge in [0.1, 0.15) is 11.3 Å². The number of nitrogen functional groups attached to an aromatic ring is 1. The minimum absolute atomic E-state index is 0.252. The van der Waals surface area contributed by atoms with Gasteiger partial charge in [-0.2, -0.15) is 4.98 Å². The van der Waals surface area contributed by atoms with Gasteiger partial charge >= 0.3 is 0 Å². The Balaban J connectivity index is 1.89. The average molecular weight is 271 g/mol. The van der Waals surface area contributed by atoms with Crippen LogP contribution in [0.25, 0.3) is 11.1 Å². The molecule has 0 saturated carbocycles. The molecule has 3 rings (SSSR count). The van der Waals surface area contributed by atoms with E-state index in [0.717, 1.165) is 5.56 Å². The molecule has 0 aliphatic carbocycles. The van der Waals surface area contributed by atoms with Crippen LogP contribution >= 0.6 is 0 Å². The first-order chi connectivity index (χ1) is 9.63. The van der Waals surface area contributed by atoms with Gasteiger partial charge in [0, 0.05) is 13.6 Å². The molecule has 102 valence electrons. The summed E-state index contributed by atoms with van der Waals surface area (Å²) >= 11 is 0. The second kappa shape index (κ2) is 4.85. The lowest BCUT2D eigenvalue weighted by molar-refractivity contribution is 0.580. The van der Waals surface area contributed by atoms with Crippen LogP contribution in [0.5, 0.6) is 0 Å². The predicted octanol–water partition coefficient (Wildman–Crippen LogP) is 3.19. The predicted molar refractivity (Wildman–Crippen MR) is 76.9 cm³/mol. The van der Waals surface area contributed by atoms with Crippen LogP contribution in [0.3, 0.4) is 0 Å². The normalized spacial score (nSPS) is 10.9. The lowest BCUT2D eigenvalue weighted by atomic mass is 10.2. The second-order valence-electron chi connectivity index (χ2n) is 4.68. The summed E-state index contributed by atoms with van der Waals surface area (Å²) in [5, 5.41) is 0. The number of nitrogens with zero attached hydrogens (tertiary/aromatic N) is 2. The van der Waals surface area contributed by atoms with Crippen LogP contribution in [-0.4, -0.2) is 12.0 Å². The Hall–Kier alpha value is -2.56. The van der Waals surface area contributed by atoms with Gasteiger partial charge in [0.05, 0.1) is 5.69 Å². The van der Waals surface area contributed by atoms with Crippen LogP contribution in [0, 0.1) is 5.82 Å². The summed E-state index contributed by atoms with van der Waals surface area (Å²) in [6, 6.07) is 12.3. The van der Waals surface area contributed by atoms with Crippen molar-refractivity contribution in [2.24, 2.45) is 0 Å². The van der Waals surface area contributed by atoms with Gasteiger partial charge in [-0.15, -0.1) is 0 Å². The van der Waals surface area contributed by atoms with Gasteiger partial charge in [-0.05, 0) is 29.8 Å². The molecule has 0 spiro atoms. The zero-order valence-electron chi connectivity index (χ0n) is 11.0. The zero-order valence-corrected chi connectivity index (χ0v) is 11.0. The smallest absolute Gasteiger partial charge is 0.298 e. The van der Waals surface area contributed by atoms with Gasteiger partial charge in [0.25, 0.3) is 6.01 Å². The molecule has 20 heavy (non-hydrogen) atoms. The van der Waals surface area contributed by atoms with Crippen molar-refractivity contribution in [3.63, 3.8) is 0 Å². The fourth-order valence-electron chi connectivity index (χ4n) is 2.10. The van der Waals surface area contributed by atoms with Gasteiger partial charge in [0.15, 0.2) is 5.58 Å². The Morgan fingerprint density at radius 2 is 2.05 bits per heavy atom. The molecule has 5 heteroatoms. The molecular formula is C15H14FN3O. The summed E-state index contributed by atoms with van der Waals surface area (Å²) < 4.78 is 18.8. The van der Waals surface area contributed by atoms with Crippen LogP contribution in [0.2, 0.25) is 0 Å². The summed E-state index contributed by atoms with van der Waals surface area (Å²) in [5.41, 5.74) is 8.57. The van der Waals surface area contributed by atoms with Gasteiger partial charge in [-0.1, -0.05) is 18.2 Å². The topological polar surface area (TPSA) is 55.3 Å². The standard InChI is InChI=1S/C15H14FN3O/c1-19(9-10-4-2-5-11(16)8-10)15-18-14-12(17)6-3-7-13(14)20-15/h2-8H,9,17H2,1H3. The fourth-order valence-corrected chi connectivity index (χ4v) is 2.10. The second-order valence-corrected chi connectivity index (χ2v) is 4.68. The van der Waals surface area contributed by atoms with Crippen molar-refractivity contribution in [2.45, 2.75) is 6.54 Å². The fraction of sp³-hybridized carbons (Fsp3) is 0.133. The lowest BCUT2D eigenvalue weighted by Crippen LogP contribution is -2.16. The molecule has 0 aliphatic rings. The van der Waals surface area contributed by atoms with Gasteiger partial charge in [-0.3, -0.25) is 0 Å². The van der Waals surface area contributed by atoms with E-state index < -0.39 is 0 Å². The molecule has 0 unspecified atom stereocenters. The third-order valence-corrected chi connectivity index (χ3v) is 3.07. The Morgan fingerprint density at radius 3 is 2.80 bits per heavy atom. The summed E-state index contributed by atoms with van der Waals surface area (Å²) in [5.74, 6) is -0.252. The highest BCUT2D eigenvalue weighted by molar-refractivity contribution is 5.86. The van der Waals surface area contributed by atoms with E-state index in [-0.39, 0.29) is 5.82 Å². The number of para-hydroxylation sites is 1. The van der Waals surface area contributed by atoms with E-state index in [0.29, 0.717) is 29.3 Å². The highest BCUT2D eigenvalue weighted by Gasteiger charge is 2.12. The number of halogens is 1. The molecule has 0 atom stereocenters. The van der Waals surface area contributed by atoms with Crippen molar-refractivity contribution in [3.8, 4) is 0 Å². The largest absolute Gasteiger partial charge is 0.423 e. The molecule has 2 N–H and O–H groups in total. The average Bonchev–Trinajstić information content (AvgIpc) is 2.84. The minimum atomic E-state index is -0.252. The Morgan fingerprint density at radius 1 is 1.25 bits per heavy atom. The van der Waals surface area contributed by atoms with Crippen molar-refractivity contribution in [2.75, 3.05) is 17.7 Å². The first-order valence-electron chi connectivity index (χ1n) is 6.24. The first kappa shape index (κ1) is 12.5. The maximum atomic E-state index is 13.2. The maximum absolute atomic E-state index is 13.2. The molecule has 0 radical (unpaired) electrons. The molecule has 1 heterocycles. The van der Waals surface area contributed by atoms with Crippen LogP contribution < -0.4 is 10.6 Å². The molecule has 0 saturated heterocycles. The maximum Gasteiger partial charge on any atom is 0.298 e. The number of hydrogen-bond acceptors (Lipinski definition) is 4. The van der Waals surface area contributed by atoms with Gasteiger partial charge in [-0.25, -0.2) is 4.39 Å². The number of oxazole rings is 1. The summed E-state index contributed by atoms with van der Waals surface area (Å²) in [6.45, 7) is 0.504. The van der Waals surface area contributed by atoms with E-state index in [4.69, 9.17) is 10.2 Å². The van der Waals surface area contributed by atoms with Crippen LogP contribution in [0.1, 0.15) is 5.56 Å². The number of hydrogen-bond donors (Lipinski definition) is 1. The summed E-state index contributed by atoms with van der Waals surface area (Å²) in [6.07, 6.45) is 0. The highest BCUT2D eigenvalue weighted by Crippen LogP contribution is 2.26. The molecule has 0 amide bonds. The number of aromatic nitrogens is 1. The van der Waals surface area contributed by atoms with Crippen LogP contribution in [0.15, 0.2) is 46.9 Å². The molecule has 0 aliphatic heterocycles. The number of benzene rings is 2. The van der Waals surface area contributed by atoms with Crippen molar-refractivity contribution in [1.29, 1.82) is 0 Å². The zero-order chi connectivity index (χ0) is 14.1. The molecular weight excluding hydrogens is 257 g/mol. The van der Waals surface area contributed by atoms with Crippen molar-refractivity contribution in [1.82, 2.24) is 4.98 Å². The molecule has 2 aromatic carbocycles. The molecule has 4 nitrogen and oxygen atoms in total. The third kappa shape index (κ3) is 2.30. The van der Waals surface area contributed by atoms with Gasteiger partial charge < -0.3 is 15.1 Å². The quantitative estimate of drug-likeness (QED) is 0.743. The molecule has 0 fully saturated rings. The Kier molecular flexibility index (Phi) is 3.02. The van der Waals surface area contributed by atoms with E-state index in [1.54, 1.807) is 12.1 Å². The number of nitrogens with two attached hydrogens (primary N) is 1. The van der Waals surface area contributed by atoms with Crippen LogP contribution in [0.4, 0.5) is 16.1 Å². The summed E-state index contributed by atoms with van der Waals surface area (Å²) in [4.78, 5) is 6.18. The minimum Gasteiger partial charge on any atom is -0.423 e. The number of rotatable bonds is 3. The van der Waals surface area contributed by atoms with Crippen molar-refractivity contribution in [3.05, 3.63) is 53.8 Å². The molecule has 3 aromatic rings. The number of fused-ring (bicyclic) bond motifs is 1. The van der Waals surface area contributed by atoms with Gasteiger partial charge in [0.2, 0.25) is 0 Å². The first-order valence-corrected chi connectivity index (χ1v) is 6.24. The van der Waals surface area contributed by atoms with Crippen molar-refractivity contribution >= 4 is 22.8 Å². The Labute approximate surface area is 115 Å². The Bertz CT molecular complexity index is 754. The monoisotopic (exact) mass is 271 g/mol. The molecule has 0 bridgehead atoms. The van der Waals surface area contributed by atoms with Crippen LogP contribution in [-0.2, 0) is 6.54 Å². The van der Waals surface area contributed by atoms with E-state index in [2.05, 4.69) is 4.98 Å². The van der Waals surface area contributed by atoms with E-state index in [9.17, 15) is 4.39 Å². The van der Waals surface area contributed by atoms with Crippen molar-refractivity contribution < 1.29 is 8.81 Å². The van der Waals surface area contributed by atoms with E-state index >= 15 is 0 Å². The highest BCUT2D eigenvalue weighted by atomic mass is 19.1. The number of anilines is 2. The molecule has 1 aromatic heterocycles.